The number of aromatic nitrogens is 2. The first kappa shape index (κ1) is 13.1. The van der Waals surface area contributed by atoms with Gasteiger partial charge in [0.05, 0.1) is 13.2 Å². The van der Waals surface area contributed by atoms with Crippen molar-refractivity contribution in [2.75, 3.05) is 32.1 Å². The molecule has 0 bridgehead atoms. The molecule has 1 aromatic heterocycles. The van der Waals surface area contributed by atoms with Crippen molar-refractivity contribution in [1.29, 1.82) is 0 Å². The largest absolute Gasteiger partial charge is 0.376 e. The molecule has 3 rings (SSSR count). The highest BCUT2D eigenvalue weighted by Gasteiger charge is 2.23. The molecule has 3 heterocycles. The average molecular weight is 283 g/mol. The van der Waals surface area contributed by atoms with E-state index in [4.69, 9.17) is 16.3 Å². The van der Waals surface area contributed by atoms with Crippen molar-refractivity contribution in [3.63, 3.8) is 0 Å². The lowest BCUT2D eigenvalue weighted by atomic mass is 10.0. The summed E-state index contributed by atoms with van der Waals surface area (Å²) >= 11 is 6.09. The van der Waals surface area contributed by atoms with Gasteiger partial charge in [-0.05, 0) is 32.9 Å². The molecule has 1 N–H and O–H groups in total. The van der Waals surface area contributed by atoms with Gasteiger partial charge in [-0.15, -0.1) is 10.2 Å². The second-order valence-corrected chi connectivity index (χ2v) is 5.70. The minimum absolute atomic E-state index is 0.446. The van der Waals surface area contributed by atoms with Crippen LogP contribution in [0.25, 0.3) is 0 Å². The molecular formula is C13H19ClN4O. The van der Waals surface area contributed by atoms with E-state index < -0.39 is 0 Å². The van der Waals surface area contributed by atoms with Crippen LogP contribution < -0.4 is 5.32 Å². The van der Waals surface area contributed by atoms with Crippen LogP contribution in [-0.4, -0.2) is 47.9 Å². The normalized spacial score (nSPS) is 24.0. The molecule has 0 spiro atoms. The van der Waals surface area contributed by atoms with Gasteiger partial charge in [0.2, 0.25) is 0 Å². The number of nitrogens with one attached hydrogen (secondary N) is 1. The molecule has 1 fully saturated rings. The molecule has 1 saturated heterocycles. The Bertz CT molecular complexity index is 468. The van der Waals surface area contributed by atoms with E-state index in [-0.39, 0.29) is 0 Å². The van der Waals surface area contributed by atoms with Crippen molar-refractivity contribution in [2.24, 2.45) is 0 Å². The number of fused-ring (bicyclic) bond motifs is 1. The van der Waals surface area contributed by atoms with Gasteiger partial charge in [0.1, 0.15) is 0 Å². The Hall–Kier alpha value is -0.910. The topological polar surface area (TPSA) is 50.3 Å². The lowest BCUT2D eigenvalue weighted by Gasteiger charge is -2.31. The number of ether oxygens (including phenoxy) is 1. The molecule has 0 unspecified atom stereocenters. The number of halogens is 1. The van der Waals surface area contributed by atoms with Gasteiger partial charge in [-0.2, -0.15) is 0 Å². The number of piperidine rings is 1. The molecule has 5 nitrogen and oxygen atoms in total. The fraction of sp³-hybridized carbons (Fsp3) is 0.692. The van der Waals surface area contributed by atoms with Crippen molar-refractivity contribution in [3.8, 4) is 0 Å². The third kappa shape index (κ3) is 2.83. The first-order chi connectivity index (χ1) is 9.24. The second-order valence-electron chi connectivity index (χ2n) is 5.34. The molecule has 0 aromatic carbocycles. The Balaban J connectivity index is 1.81. The standard InChI is InChI=1S/C13H19ClN4O/c1-18-5-2-3-9(7-18)15-13-10-4-6-19-8-11(10)12(14)16-17-13/h9H,2-8H2,1H3,(H,15,17)/t9-/m1/s1. The summed E-state index contributed by atoms with van der Waals surface area (Å²) in [5, 5.41) is 12.3. The molecule has 0 aliphatic carbocycles. The van der Waals surface area contributed by atoms with Gasteiger partial charge in [-0.25, -0.2) is 0 Å². The molecule has 0 saturated carbocycles. The van der Waals surface area contributed by atoms with Crippen LogP contribution >= 0.6 is 11.6 Å². The number of hydrogen-bond donors (Lipinski definition) is 1. The maximum atomic E-state index is 6.09. The predicted octanol–water partition coefficient (Wildman–Crippen LogP) is 1.71. The Labute approximate surface area is 118 Å². The zero-order valence-corrected chi connectivity index (χ0v) is 11.9. The lowest BCUT2D eigenvalue weighted by Crippen LogP contribution is -2.40. The fourth-order valence-corrected chi connectivity index (χ4v) is 3.05. The SMILES string of the molecule is CN1CCC[C@@H](Nc2nnc(Cl)c3c2CCOC3)C1. The molecule has 104 valence electrons. The summed E-state index contributed by atoms with van der Waals surface area (Å²) in [6, 6.07) is 0.446. The Morgan fingerprint density at radius 3 is 3.11 bits per heavy atom. The first-order valence-electron chi connectivity index (χ1n) is 6.81. The van der Waals surface area contributed by atoms with Gasteiger partial charge in [0, 0.05) is 23.7 Å². The number of hydrogen-bond acceptors (Lipinski definition) is 5. The van der Waals surface area contributed by atoms with E-state index >= 15 is 0 Å². The van der Waals surface area contributed by atoms with Gasteiger partial charge >= 0.3 is 0 Å². The maximum Gasteiger partial charge on any atom is 0.157 e. The lowest BCUT2D eigenvalue weighted by molar-refractivity contribution is 0.110. The second kappa shape index (κ2) is 5.61. The van der Waals surface area contributed by atoms with E-state index in [0.717, 1.165) is 31.0 Å². The highest BCUT2D eigenvalue weighted by Crippen LogP contribution is 2.28. The third-order valence-electron chi connectivity index (χ3n) is 3.85. The van der Waals surface area contributed by atoms with E-state index in [1.54, 1.807) is 0 Å². The number of likely N-dealkylation sites (N-methyl/N-ethyl adjacent to an activating group) is 1. The van der Waals surface area contributed by atoms with Crippen LogP contribution in [0.3, 0.4) is 0 Å². The van der Waals surface area contributed by atoms with Crippen LogP contribution in [0.1, 0.15) is 24.0 Å². The number of nitrogens with zero attached hydrogens (tertiary/aromatic N) is 3. The Kier molecular flexibility index (Phi) is 3.86. The number of likely N-dealkylation sites (tertiary alicyclic amines) is 1. The Morgan fingerprint density at radius 1 is 1.37 bits per heavy atom. The van der Waals surface area contributed by atoms with E-state index in [0.29, 0.717) is 17.8 Å². The molecule has 1 aromatic rings. The quantitative estimate of drug-likeness (QED) is 0.895. The van der Waals surface area contributed by atoms with Crippen LogP contribution in [-0.2, 0) is 17.8 Å². The monoisotopic (exact) mass is 282 g/mol. The zero-order valence-electron chi connectivity index (χ0n) is 11.2. The summed E-state index contributed by atoms with van der Waals surface area (Å²) in [6.07, 6.45) is 3.26. The highest BCUT2D eigenvalue weighted by atomic mass is 35.5. The molecule has 2 aliphatic heterocycles. The number of rotatable bonds is 2. The summed E-state index contributed by atoms with van der Waals surface area (Å²) < 4.78 is 5.45. The van der Waals surface area contributed by atoms with Crippen molar-refractivity contribution in [1.82, 2.24) is 15.1 Å². The fourth-order valence-electron chi connectivity index (χ4n) is 2.84. The van der Waals surface area contributed by atoms with Crippen molar-refractivity contribution >= 4 is 17.4 Å². The van der Waals surface area contributed by atoms with Gasteiger partial charge < -0.3 is 15.0 Å². The summed E-state index contributed by atoms with van der Waals surface area (Å²) in [5.41, 5.74) is 2.18. The summed E-state index contributed by atoms with van der Waals surface area (Å²) in [7, 11) is 2.16. The summed E-state index contributed by atoms with van der Waals surface area (Å²) in [5.74, 6) is 0.892. The minimum Gasteiger partial charge on any atom is -0.376 e. The van der Waals surface area contributed by atoms with Crippen LogP contribution in [0.2, 0.25) is 5.15 Å². The summed E-state index contributed by atoms with van der Waals surface area (Å²) in [4.78, 5) is 2.35. The van der Waals surface area contributed by atoms with Crippen molar-refractivity contribution in [3.05, 3.63) is 16.3 Å². The van der Waals surface area contributed by atoms with E-state index in [9.17, 15) is 0 Å². The molecule has 2 aliphatic rings. The molecule has 1 atom stereocenters. The van der Waals surface area contributed by atoms with Crippen LogP contribution in [0.15, 0.2) is 0 Å². The maximum absolute atomic E-state index is 6.09. The van der Waals surface area contributed by atoms with Crippen molar-refractivity contribution < 1.29 is 4.74 Å². The van der Waals surface area contributed by atoms with Gasteiger partial charge in [0.25, 0.3) is 0 Å². The molecular weight excluding hydrogens is 264 g/mol. The molecule has 0 radical (unpaired) electrons. The van der Waals surface area contributed by atoms with E-state index in [1.807, 2.05) is 0 Å². The smallest absolute Gasteiger partial charge is 0.157 e. The van der Waals surface area contributed by atoms with Crippen LogP contribution in [0, 0.1) is 0 Å². The van der Waals surface area contributed by atoms with Crippen LogP contribution in [0.5, 0.6) is 0 Å². The predicted molar refractivity (Wildman–Crippen MR) is 74.5 cm³/mol. The van der Waals surface area contributed by atoms with E-state index in [2.05, 4.69) is 27.5 Å². The highest BCUT2D eigenvalue weighted by molar-refractivity contribution is 6.30. The van der Waals surface area contributed by atoms with Gasteiger partial charge in [0.15, 0.2) is 11.0 Å². The summed E-state index contributed by atoms with van der Waals surface area (Å²) in [6.45, 7) is 3.50. The molecule has 19 heavy (non-hydrogen) atoms. The van der Waals surface area contributed by atoms with Gasteiger partial charge in [-0.1, -0.05) is 11.6 Å². The Morgan fingerprint density at radius 2 is 2.26 bits per heavy atom. The van der Waals surface area contributed by atoms with Gasteiger partial charge in [-0.3, -0.25) is 0 Å². The minimum atomic E-state index is 0.446. The molecule has 6 heteroatoms. The average Bonchev–Trinajstić information content (AvgIpc) is 2.42. The van der Waals surface area contributed by atoms with E-state index in [1.165, 1.54) is 24.9 Å². The molecule has 0 amide bonds. The zero-order chi connectivity index (χ0) is 13.2. The number of anilines is 1. The van der Waals surface area contributed by atoms with Crippen molar-refractivity contribution in [2.45, 2.75) is 31.9 Å². The van der Waals surface area contributed by atoms with Crippen LogP contribution in [0.4, 0.5) is 5.82 Å². The first-order valence-corrected chi connectivity index (χ1v) is 7.18. The third-order valence-corrected chi connectivity index (χ3v) is 4.15.